The summed E-state index contributed by atoms with van der Waals surface area (Å²) in [5.74, 6) is 2.32. The van der Waals surface area contributed by atoms with Crippen molar-refractivity contribution in [3.05, 3.63) is 18.0 Å². The van der Waals surface area contributed by atoms with Gasteiger partial charge in [-0.05, 0) is 24.7 Å². The van der Waals surface area contributed by atoms with Gasteiger partial charge in [0.2, 0.25) is 0 Å². The van der Waals surface area contributed by atoms with Crippen molar-refractivity contribution in [1.82, 2.24) is 9.78 Å². The molecule has 0 saturated heterocycles. The SMILES string of the molecule is CC1CCC(Cn2cc(CCl)cn2)CC1. The molecule has 0 unspecified atom stereocenters. The van der Waals surface area contributed by atoms with Crippen LogP contribution in [-0.4, -0.2) is 9.78 Å². The number of nitrogens with zero attached hydrogens (tertiary/aromatic N) is 2. The second-order valence-corrected chi connectivity index (χ2v) is 5.10. The summed E-state index contributed by atoms with van der Waals surface area (Å²) in [4.78, 5) is 0. The van der Waals surface area contributed by atoms with Gasteiger partial charge < -0.3 is 0 Å². The van der Waals surface area contributed by atoms with Gasteiger partial charge in [0.05, 0.1) is 12.1 Å². The first-order valence-electron chi connectivity index (χ1n) is 5.85. The van der Waals surface area contributed by atoms with E-state index in [9.17, 15) is 0 Å². The van der Waals surface area contributed by atoms with E-state index < -0.39 is 0 Å². The van der Waals surface area contributed by atoms with Crippen molar-refractivity contribution >= 4 is 11.6 Å². The smallest absolute Gasteiger partial charge is 0.0533 e. The molecule has 0 bridgehead atoms. The Bertz CT molecular complexity index is 300. The van der Waals surface area contributed by atoms with Crippen molar-refractivity contribution in [2.24, 2.45) is 11.8 Å². The van der Waals surface area contributed by atoms with Crippen LogP contribution >= 0.6 is 11.6 Å². The Morgan fingerprint density at radius 3 is 2.73 bits per heavy atom. The van der Waals surface area contributed by atoms with Crippen LogP contribution in [0.5, 0.6) is 0 Å². The molecule has 0 radical (unpaired) electrons. The van der Waals surface area contributed by atoms with E-state index in [0.29, 0.717) is 5.88 Å². The van der Waals surface area contributed by atoms with Crippen LogP contribution in [0, 0.1) is 11.8 Å². The normalized spacial score (nSPS) is 26.8. The first kappa shape index (κ1) is 11.0. The lowest BCUT2D eigenvalue weighted by atomic mass is 9.83. The average molecular weight is 227 g/mol. The predicted molar refractivity (Wildman–Crippen MR) is 62.9 cm³/mol. The molecule has 1 aromatic rings. The van der Waals surface area contributed by atoms with Crippen molar-refractivity contribution in [3.63, 3.8) is 0 Å². The fourth-order valence-electron chi connectivity index (χ4n) is 2.35. The fraction of sp³-hybridized carbons (Fsp3) is 0.750. The van der Waals surface area contributed by atoms with Crippen LogP contribution in [0.1, 0.15) is 38.2 Å². The zero-order chi connectivity index (χ0) is 10.7. The van der Waals surface area contributed by atoms with Crippen molar-refractivity contribution in [2.75, 3.05) is 0 Å². The van der Waals surface area contributed by atoms with Crippen LogP contribution in [0.3, 0.4) is 0 Å². The van der Waals surface area contributed by atoms with E-state index in [1.54, 1.807) is 0 Å². The highest BCUT2D eigenvalue weighted by Crippen LogP contribution is 2.29. The van der Waals surface area contributed by atoms with Gasteiger partial charge in [-0.3, -0.25) is 4.68 Å². The zero-order valence-corrected chi connectivity index (χ0v) is 10.1. The summed E-state index contributed by atoms with van der Waals surface area (Å²) >= 11 is 5.75. The van der Waals surface area contributed by atoms with Gasteiger partial charge in [0.1, 0.15) is 0 Å². The van der Waals surface area contributed by atoms with E-state index in [-0.39, 0.29) is 0 Å². The van der Waals surface area contributed by atoms with Crippen molar-refractivity contribution < 1.29 is 0 Å². The van der Waals surface area contributed by atoms with Crippen LogP contribution < -0.4 is 0 Å². The van der Waals surface area contributed by atoms with Gasteiger partial charge in [-0.2, -0.15) is 5.10 Å². The summed E-state index contributed by atoms with van der Waals surface area (Å²) in [5, 5.41) is 4.33. The maximum atomic E-state index is 5.75. The Labute approximate surface area is 96.6 Å². The van der Waals surface area contributed by atoms with Crippen molar-refractivity contribution in [2.45, 2.75) is 45.0 Å². The van der Waals surface area contributed by atoms with Gasteiger partial charge in [0, 0.05) is 18.3 Å². The highest BCUT2D eigenvalue weighted by Gasteiger charge is 2.18. The second-order valence-electron chi connectivity index (χ2n) is 4.83. The molecule has 1 fully saturated rings. The molecule has 0 atom stereocenters. The van der Waals surface area contributed by atoms with Gasteiger partial charge in [0.15, 0.2) is 0 Å². The lowest BCUT2D eigenvalue weighted by molar-refractivity contribution is 0.258. The van der Waals surface area contributed by atoms with Gasteiger partial charge in [-0.25, -0.2) is 0 Å². The molecule has 0 aliphatic heterocycles. The summed E-state index contributed by atoms with van der Waals surface area (Å²) in [6.07, 6.45) is 9.43. The number of alkyl halides is 1. The van der Waals surface area contributed by atoms with E-state index in [1.165, 1.54) is 25.7 Å². The Morgan fingerprint density at radius 2 is 2.13 bits per heavy atom. The summed E-state index contributed by atoms with van der Waals surface area (Å²) < 4.78 is 2.05. The third-order valence-electron chi connectivity index (χ3n) is 3.42. The van der Waals surface area contributed by atoms with Crippen LogP contribution in [-0.2, 0) is 12.4 Å². The lowest BCUT2D eigenvalue weighted by Crippen LogP contribution is -2.17. The third-order valence-corrected chi connectivity index (χ3v) is 3.73. The molecule has 0 amide bonds. The van der Waals surface area contributed by atoms with Gasteiger partial charge in [-0.15, -0.1) is 11.6 Å². The van der Waals surface area contributed by atoms with E-state index >= 15 is 0 Å². The summed E-state index contributed by atoms with van der Waals surface area (Å²) in [5.41, 5.74) is 1.13. The summed E-state index contributed by atoms with van der Waals surface area (Å²) in [7, 11) is 0. The topological polar surface area (TPSA) is 17.8 Å². The minimum atomic E-state index is 0.571. The maximum absolute atomic E-state index is 5.75. The van der Waals surface area contributed by atoms with E-state index in [4.69, 9.17) is 11.6 Å². The van der Waals surface area contributed by atoms with E-state index in [1.807, 2.05) is 6.20 Å². The minimum Gasteiger partial charge on any atom is -0.272 e. The zero-order valence-electron chi connectivity index (χ0n) is 9.32. The molecule has 3 heteroatoms. The highest BCUT2D eigenvalue weighted by atomic mass is 35.5. The molecule has 1 aliphatic rings. The molecular formula is C12H19ClN2. The molecular weight excluding hydrogens is 208 g/mol. The monoisotopic (exact) mass is 226 g/mol. The lowest BCUT2D eigenvalue weighted by Gasteiger charge is -2.25. The molecule has 0 aromatic carbocycles. The van der Waals surface area contributed by atoms with Crippen LogP contribution in [0.2, 0.25) is 0 Å². The number of halogens is 1. The van der Waals surface area contributed by atoms with Gasteiger partial charge in [-0.1, -0.05) is 19.8 Å². The van der Waals surface area contributed by atoms with Crippen molar-refractivity contribution in [3.8, 4) is 0 Å². The summed E-state index contributed by atoms with van der Waals surface area (Å²) in [6, 6.07) is 0. The van der Waals surface area contributed by atoms with Crippen LogP contribution in [0.15, 0.2) is 12.4 Å². The summed E-state index contributed by atoms with van der Waals surface area (Å²) in [6.45, 7) is 3.43. The van der Waals surface area contributed by atoms with E-state index in [0.717, 1.165) is 23.9 Å². The van der Waals surface area contributed by atoms with Crippen LogP contribution in [0.25, 0.3) is 0 Å². The molecule has 1 aliphatic carbocycles. The van der Waals surface area contributed by atoms with E-state index in [2.05, 4.69) is 22.9 Å². The quantitative estimate of drug-likeness (QED) is 0.722. The molecule has 84 valence electrons. The maximum Gasteiger partial charge on any atom is 0.0533 e. The van der Waals surface area contributed by atoms with Gasteiger partial charge >= 0.3 is 0 Å². The molecule has 2 nitrogen and oxygen atoms in total. The van der Waals surface area contributed by atoms with Crippen molar-refractivity contribution in [1.29, 1.82) is 0 Å². The standard InChI is InChI=1S/C12H19ClN2/c1-10-2-4-11(5-3-10)8-15-9-12(6-13)7-14-15/h7,9-11H,2-6,8H2,1H3. The average Bonchev–Trinajstić information content (AvgIpc) is 2.69. The Hall–Kier alpha value is -0.500. The molecule has 1 saturated carbocycles. The largest absolute Gasteiger partial charge is 0.272 e. The predicted octanol–water partition coefficient (Wildman–Crippen LogP) is 3.45. The number of rotatable bonds is 3. The Morgan fingerprint density at radius 1 is 1.40 bits per heavy atom. The van der Waals surface area contributed by atoms with Gasteiger partial charge in [0.25, 0.3) is 0 Å². The number of hydrogen-bond acceptors (Lipinski definition) is 1. The minimum absolute atomic E-state index is 0.571. The molecule has 1 aromatic heterocycles. The number of hydrogen-bond donors (Lipinski definition) is 0. The molecule has 15 heavy (non-hydrogen) atoms. The molecule has 0 spiro atoms. The second kappa shape index (κ2) is 5.02. The Balaban J connectivity index is 1.86. The van der Waals surface area contributed by atoms with Crippen LogP contribution in [0.4, 0.5) is 0 Å². The molecule has 0 N–H and O–H groups in total. The number of aromatic nitrogens is 2. The first-order valence-corrected chi connectivity index (χ1v) is 6.38. The molecule has 2 rings (SSSR count). The third kappa shape index (κ3) is 2.97. The fourth-order valence-corrected chi connectivity index (χ4v) is 2.49. The highest BCUT2D eigenvalue weighted by molar-refractivity contribution is 6.17. The first-order chi connectivity index (χ1) is 7.28. The Kier molecular flexibility index (Phi) is 3.68. The molecule has 1 heterocycles.